The van der Waals surface area contributed by atoms with E-state index in [0.717, 1.165) is 83.3 Å². The molecule has 0 saturated carbocycles. The number of nitrogens with zero attached hydrogens (tertiary/aromatic N) is 2. The number of aromatic nitrogens is 1. The highest BCUT2D eigenvalue weighted by Crippen LogP contribution is 2.47. The zero-order valence-corrected chi connectivity index (χ0v) is 33.2. The molecule has 0 bridgehead atoms. The molecule has 2 aromatic heterocycles. The van der Waals surface area contributed by atoms with Gasteiger partial charge in [-0.1, -0.05) is 182 Å². The molecule has 12 aromatic rings. The predicted molar refractivity (Wildman–Crippen MR) is 257 cm³/mol. The first-order valence-electron chi connectivity index (χ1n) is 20.9. The fraction of sp³-hybridized carbons (Fsp3) is 0. The van der Waals surface area contributed by atoms with Crippen molar-refractivity contribution >= 4 is 71.6 Å². The van der Waals surface area contributed by atoms with Gasteiger partial charge in [-0.2, -0.15) is 0 Å². The Morgan fingerprint density at radius 1 is 0.311 bits per heavy atom. The van der Waals surface area contributed by atoms with E-state index in [2.05, 4.69) is 234 Å². The highest BCUT2D eigenvalue weighted by molar-refractivity contribution is 6.14. The average molecular weight is 779 g/mol. The highest BCUT2D eigenvalue weighted by Gasteiger charge is 2.22. The molecule has 0 fully saturated rings. The monoisotopic (exact) mass is 778 g/mol. The third kappa shape index (κ3) is 5.66. The summed E-state index contributed by atoms with van der Waals surface area (Å²) in [7, 11) is 0. The van der Waals surface area contributed by atoms with Gasteiger partial charge in [0.2, 0.25) is 0 Å². The predicted octanol–water partition coefficient (Wildman–Crippen LogP) is 16.3. The lowest BCUT2D eigenvalue weighted by atomic mass is 9.94. The van der Waals surface area contributed by atoms with Gasteiger partial charge in [0.1, 0.15) is 11.2 Å². The van der Waals surface area contributed by atoms with E-state index < -0.39 is 0 Å². The van der Waals surface area contributed by atoms with Crippen molar-refractivity contribution in [3.63, 3.8) is 0 Å². The SMILES string of the molecule is c1ccc(-c2ccccc2N(c2ccc(-c3ccccc3-n3c4ccccc4c4ccccc43)cc2)c2ccc(-c3cccc4c3oc3ccccc34)c3ccccc23)cc1. The van der Waals surface area contributed by atoms with E-state index in [1.54, 1.807) is 0 Å². The molecule has 0 amide bonds. The summed E-state index contributed by atoms with van der Waals surface area (Å²) in [6.07, 6.45) is 0. The van der Waals surface area contributed by atoms with Crippen LogP contribution in [0.3, 0.4) is 0 Å². The lowest BCUT2D eigenvalue weighted by Gasteiger charge is -2.29. The summed E-state index contributed by atoms with van der Waals surface area (Å²) in [5.74, 6) is 0. The Balaban J connectivity index is 1.05. The van der Waals surface area contributed by atoms with Gasteiger partial charge >= 0.3 is 0 Å². The Kier molecular flexibility index (Phi) is 8.17. The molecule has 2 heterocycles. The Bertz CT molecular complexity index is 3540. The molecule has 0 spiro atoms. The van der Waals surface area contributed by atoms with Gasteiger partial charge < -0.3 is 13.9 Å². The molecule has 12 rings (SSSR count). The highest BCUT2D eigenvalue weighted by atomic mass is 16.3. The number of hydrogen-bond donors (Lipinski definition) is 0. The van der Waals surface area contributed by atoms with Crippen molar-refractivity contribution in [2.45, 2.75) is 0 Å². The third-order valence-corrected chi connectivity index (χ3v) is 12.2. The molecule has 10 aromatic carbocycles. The zero-order chi connectivity index (χ0) is 40.3. The molecule has 0 atom stereocenters. The van der Waals surface area contributed by atoms with Crippen molar-refractivity contribution in [2.75, 3.05) is 4.90 Å². The maximum atomic E-state index is 6.58. The zero-order valence-electron chi connectivity index (χ0n) is 33.2. The first-order chi connectivity index (χ1) is 30.3. The largest absolute Gasteiger partial charge is 0.455 e. The Labute approximate surface area is 353 Å². The summed E-state index contributed by atoms with van der Waals surface area (Å²) >= 11 is 0. The first kappa shape index (κ1) is 34.9. The molecule has 0 N–H and O–H groups in total. The van der Waals surface area contributed by atoms with E-state index in [-0.39, 0.29) is 0 Å². The van der Waals surface area contributed by atoms with Crippen molar-refractivity contribution in [1.82, 2.24) is 4.57 Å². The average Bonchev–Trinajstić information content (AvgIpc) is 3.89. The minimum absolute atomic E-state index is 0.899. The molecule has 61 heavy (non-hydrogen) atoms. The molecule has 0 unspecified atom stereocenters. The molecule has 0 aliphatic heterocycles. The number of benzene rings is 10. The van der Waals surface area contributed by atoms with Gasteiger partial charge in [-0.05, 0) is 70.6 Å². The van der Waals surface area contributed by atoms with Gasteiger partial charge in [-0.3, -0.25) is 0 Å². The number of furan rings is 1. The van der Waals surface area contributed by atoms with E-state index in [1.807, 2.05) is 6.07 Å². The smallest absolute Gasteiger partial charge is 0.143 e. The number of para-hydroxylation sites is 6. The van der Waals surface area contributed by atoms with E-state index in [0.29, 0.717) is 0 Å². The standard InChI is InChI=1S/C58H38N2O/c1-2-17-39(18-3-1)42-19-6-11-28-52(42)59(56-38-37-45(44-21-4-5-22-46(44)56)50-26-16-27-51-49-25-10-15-32-57(49)61-58(50)51)41-35-33-40(34-36-41)43-20-7-12-29-53(43)60-54-30-13-8-23-47(54)48-24-9-14-31-55(48)60/h1-38H. The van der Waals surface area contributed by atoms with Gasteiger partial charge in [0, 0.05) is 49.3 Å². The van der Waals surface area contributed by atoms with Crippen LogP contribution >= 0.6 is 0 Å². The Hall–Kier alpha value is -8.14. The molecule has 0 aliphatic rings. The summed E-state index contributed by atoms with van der Waals surface area (Å²) in [4.78, 5) is 2.43. The second kappa shape index (κ2) is 14.3. The van der Waals surface area contributed by atoms with E-state index >= 15 is 0 Å². The quantitative estimate of drug-likeness (QED) is 0.161. The van der Waals surface area contributed by atoms with Crippen LogP contribution in [-0.4, -0.2) is 4.57 Å². The van der Waals surface area contributed by atoms with Gasteiger partial charge in [-0.15, -0.1) is 0 Å². The number of rotatable bonds is 7. The lowest BCUT2D eigenvalue weighted by Crippen LogP contribution is -2.12. The maximum Gasteiger partial charge on any atom is 0.143 e. The van der Waals surface area contributed by atoms with Gasteiger partial charge in [-0.25, -0.2) is 0 Å². The number of hydrogen-bond acceptors (Lipinski definition) is 2. The van der Waals surface area contributed by atoms with Crippen LogP contribution in [0.25, 0.3) is 93.6 Å². The molecule has 0 aliphatic carbocycles. The van der Waals surface area contributed by atoms with Crippen molar-refractivity contribution in [1.29, 1.82) is 0 Å². The van der Waals surface area contributed by atoms with Crippen LogP contribution < -0.4 is 4.90 Å². The summed E-state index contributed by atoms with van der Waals surface area (Å²) in [5, 5.41) is 7.07. The molecule has 286 valence electrons. The topological polar surface area (TPSA) is 21.3 Å². The third-order valence-electron chi connectivity index (χ3n) is 12.2. The molecular weight excluding hydrogens is 741 g/mol. The second-order valence-electron chi connectivity index (χ2n) is 15.6. The maximum absolute atomic E-state index is 6.58. The Morgan fingerprint density at radius 2 is 0.869 bits per heavy atom. The van der Waals surface area contributed by atoms with Gasteiger partial charge in [0.15, 0.2) is 0 Å². The Morgan fingerprint density at radius 3 is 1.64 bits per heavy atom. The first-order valence-corrected chi connectivity index (χ1v) is 20.9. The van der Waals surface area contributed by atoms with Crippen LogP contribution in [0.4, 0.5) is 17.1 Å². The molecule has 3 nitrogen and oxygen atoms in total. The summed E-state index contributed by atoms with van der Waals surface area (Å²) in [5.41, 5.74) is 15.5. The van der Waals surface area contributed by atoms with Crippen LogP contribution in [0.5, 0.6) is 0 Å². The summed E-state index contributed by atoms with van der Waals surface area (Å²) in [6.45, 7) is 0. The fourth-order valence-electron chi connectivity index (χ4n) is 9.50. The van der Waals surface area contributed by atoms with Gasteiger partial charge in [0.25, 0.3) is 0 Å². The molecule has 0 radical (unpaired) electrons. The van der Waals surface area contributed by atoms with Crippen LogP contribution in [0.1, 0.15) is 0 Å². The van der Waals surface area contributed by atoms with E-state index in [4.69, 9.17) is 4.42 Å². The lowest BCUT2D eigenvalue weighted by molar-refractivity contribution is 0.670. The van der Waals surface area contributed by atoms with Crippen LogP contribution in [0, 0.1) is 0 Å². The number of fused-ring (bicyclic) bond motifs is 7. The molecule has 3 heteroatoms. The van der Waals surface area contributed by atoms with Crippen LogP contribution in [0.2, 0.25) is 0 Å². The van der Waals surface area contributed by atoms with Crippen molar-refractivity contribution in [3.05, 3.63) is 231 Å². The normalized spacial score (nSPS) is 11.6. The van der Waals surface area contributed by atoms with Crippen molar-refractivity contribution < 1.29 is 4.42 Å². The van der Waals surface area contributed by atoms with Crippen LogP contribution in [0.15, 0.2) is 235 Å². The summed E-state index contributed by atoms with van der Waals surface area (Å²) in [6, 6.07) is 82.9. The van der Waals surface area contributed by atoms with E-state index in [9.17, 15) is 0 Å². The number of anilines is 3. The summed E-state index contributed by atoms with van der Waals surface area (Å²) < 4.78 is 8.99. The fourth-order valence-corrected chi connectivity index (χ4v) is 9.50. The minimum atomic E-state index is 0.899. The van der Waals surface area contributed by atoms with E-state index in [1.165, 1.54) is 27.4 Å². The molecule has 0 saturated heterocycles. The van der Waals surface area contributed by atoms with Gasteiger partial charge in [0.05, 0.1) is 28.1 Å². The van der Waals surface area contributed by atoms with Crippen molar-refractivity contribution in [3.8, 4) is 39.1 Å². The second-order valence-corrected chi connectivity index (χ2v) is 15.6. The van der Waals surface area contributed by atoms with Crippen LogP contribution in [-0.2, 0) is 0 Å². The molecular formula is C58H38N2O. The van der Waals surface area contributed by atoms with Crippen molar-refractivity contribution in [2.24, 2.45) is 0 Å². The minimum Gasteiger partial charge on any atom is -0.455 e.